The van der Waals surface area contributed by atoms with E-state index in [-0.39, 0.29) is 23.7 Å². The molecule has 0 spiro atoms. The van der Waals surface area contributed by atoms with Gasteiger partial charge in [-0.1, -0.05) is 41.7 Å². The van der Waals surface area contributed by atoms with Gasteiger partial charge in [0.1, 0.15) is 0 Å². The zero-order chi connectivity index (χ0) is 15.4. The zero-order valence-electron chi connectivity index (χ0n) is 11.7. The van der Waals surface area contributed by atoms with Crippen LogP contribution < -0.4 is 5.73 Å². The summed E-state index contributed by atoms with van der Waals surface area (Å²) in [4.78, 5) is 12.0. The third-order valence-corrected chi connectivity index (χ3v) is 4.01. The Balaban J connectivity index is 3.02. The van der Waals surface area contributed by atoms with Gasteiger partial charge in [0, 0.05) is 5.02 Å². The van der Waals surface area contributed by atoms with E-state index in [1.807, 2.05) is 20.8 Å². The molecule has 0 saturated heterocycles. The number of carbonyl (C=O) groups is 1. The molecule has 0 heterocycles. The maximum absolute atomic E-state index is 12.0. The summed E-state index contributed by atoms with van der Waals surface area (Å²) in [6, 6.07) is 1.54. The van der Waals surface area contributed by atoms with Gasteiger partial charge in [0.25, 0.3) is 0 Å². The van der Waals surface area contributed by atoms with Crippen molar-refractivity contribution in [1.82, 2.24) is 0 Å². The highest BCUT2D eigenvalue weighted by Gasteiger charge is 2.23. The Bertz CT molecular complexity index is 504. The Labute approximate surface area is 134 Å². The summed E-state index contributed by atoms with van der Waals surface area (Å²) in [6.07, 6.45) is 0.847. The number of carbonyl (C=O) groups excluding carboxylic acids is 1. The van der Waals surface area contributed by atoms with Gasteiger partial charge in [-0.2, -0.15) is 0 Å². The van der Waals surface area contributed by atoms with Gasteiger partial charge in [-0.25, -0.2) is 0 Å². The molecule has 20 heavy (non-hydrogen) atoms. The van der Waals surface area contributed by atoms with E-state index in [0.717, 1.165) is 0 Å². The molecule has 0 bridgehead atoms. The van der Waals surface area contributed by atoms with Gasteiger partial charge in [-0.05, 0) is 38.3 Å². The van der Waals surface area contributed by atoms with E-state index in [0.29, 0.717) is 33.5 Å². The molecule has 3 nitrogen and oxygen atoms in total. The van der Waals surface area contributed by atoms with Crippen molar-refractivity contribution < 1.29 is 9.53 Å². The van der Waals surface area contributed by atoms with Gasteiger partial charge in [0.2, 0.25) is 0 Å². The molecule has 0 aliphatic heterocycles. The number of nitrogen functional groups attached to an aromatic ring is 1. The minimum absolute atomic E-state index is 0.155. The number of benzene rings is 1. The lowest BCUT2D eigenvalue weighted by Gasteiger charge is -2.18. The highest BCUT2D eigenvalue weighted by Crippen LogP contribution is 2.37. The van der Waals surface area contributed by atoms with Gasteiger partial charge < -0.3 is 10.5 Å². The highest BCUT2D eigenvalue weighted by molar-refractivity contribution is 6.42. The van der Waals surface area contributed by atoms with Crippen LogP contribution in [-0.2, 0) is 16.0 Å². The fourth-order valence-electron chi connectivity index (χ4n) is 1.80. The number of ether oxygens (including phenoxy) is 1. The number of rotatable bonds is 5. The van der Waals surface area contributed by atoms with Crippen LogP contribution in [0.1, 0.15) is 32.8 Å². The quantitative estimate of drug-likeness (QED) is 0.622. The first-order valence-corrected chi connectivity index (χ1v) is 7.53. The van der Waals surface area contributed by atoms with Crippen LogP contribution in [0.5, 0.6) is 0 Å². The van der Waals surface area contributed by atoms with Crippen molar-refractivity contribution in [1.29, 1.82) is 0 Å². The normalized spacial score (nSPS) is 12.6. The summed E-state index contributed by atoms with van der Waals surface area (Å²) in [7, 11) is 0. The van der Waals surface area contributed by atoms with Crippen LogP contribution in [0.4, 0.5) is 5.69 Å². The molecule has 0 aliphatic rings. The van der Waals surface area contributed by atoms with Gasteiger partial charge >= 0.3 is 5.97 Å². The van der Waals surface area contributed by atoms with E-state index in [1.165, 1.54) is 0 Å². The number of esters is 1. The molecular formula is C14H18Cl3NO2. The summed E-state index contributed by atoms with van der Waals surface area (Å²) in [5.41, 5.74) is 6.69. The molecule has 0 radical (unpaired) electrons. The summed E-state index contributed by atoms with van der Waals surface area (Å²) >= 11 is 18.2. The van der Waals surface area contributed by atoms with Crippen molar-refractivity contribution >= 4 is 46.5 Å². The summed E-state index contributed by atoms with van der Waals surface area (Å²) in [5, 5.41) is 1.02. The maximum atomic E-state index is 12.0. The van der Waals surface area contributed by atoms with Gasteiger partial charge in [0.15, 0.2) is 0 Å². The molecule has 0 saturated carbocycles. The Kier molecular flexibility index (Phi) is 6.44. The summed E-state index contributed by atoms with van der Waals surface area (Å²) < 4.78 is 5.23. The average Bonchev–Trinajstić information content (AvgIpc) is 2.35. The standard InChI is InChI=1S/C14H18Cl3NO2/c1-4-8(14(19)20-7(2)3)5-9-10(15)6-11(16)13(18)12(9)17/h6-8H,4-5,18H2,1-3H3. The molecule has 1 rings (SSSR count). The molecular weight excluding hydrogens is 321 g/mol. The maximum Gasteiger partial charge on any atom is 0.309 e. The molecule has 1 aromatic carbocycles. The van der Waals surface area contributed by atoms with Crippen molar-refractivity contribution in [3.05, 3.63) is 26.7 Å². The number of halogens is 3. The molecule has 6 heteroatoms. The van der Waals surface area contributed by atoms with E-state index in [4.69, 9.17) is 45.3 Å². The number of nitrogens with two attached hydrogens (primary N) is 1. The van der Waals surface area contributed by atoms with Crippen molar-refractivity contribution in [3.8, 4) is 0 Å². The number of hydrogen-bond acceptors (Lipinski definition) is 3. The van der Waals surface area contributed by atoms with Crippen LogP contribution in [-0.4, -0.2) is 12.1 Å². The third kappa shape index (κ3) is 4.18. The number of hydrogen-bond donors (Lipinski definition) is 1. The molecule has 0 fully saturated rings. The smallest absolute Gasteiger partial charge is 0.309 e. The van der Waals surface area contributed by atoms with E-state index >= 15 is 0 Å². The van der Waals surface area contributed by atoms with Crippen LogP contribution in [0, 0.1) is 5.92 Å². The van der Waals surface area contributed by atoms with E-state index in [1.54, 1.807) is 6.07 Å². The average molecular weight is 339 g/mol. The topological polar surface area (TPSA) is 52.3 Å². The molecule has 0 aromatic heterocycles. The Morgan fingerprint density at radius 1 is 1.30 bits per heavy atom. The summed E-state index contributed by atoms with van der Waals surface area (Å²) in [5.74, 6) is -0.573. The second-order valence-electron chi connectivity index (χ2n) is 4.84. The molecule has 1 unspecified atom stereocenters. The molecule has 1 aromatic rings. The minimum atomic E-state index is -0.312. The summed E-state index contributed by atoms with van der Waals surface area (Å²) in [6.45, 7) is 5.53. The first-order chi connectivity index (χ1) is 9.27. The van der Waals surface area contributed by atoms with E-state index in [2.05, 4.69) is 0 Å². The number of anilines is 1. The van der Waals surface area contributed by atoms with Crippen LogP contribution in [0.25, 0.3) is 0 Å². The van der Waals surface area contributed by atoms with Crippen molar-refractivity contribution in [2.45, 2.75) is 39.7 Å². The Morgan fingerprint density at radius 2 is 1.90 bits per heavy atom. The molecule has 2 N–H and O–H groups in total. The molecule has 0 amide bonds. The lowest BCUT2D eigenvalue weighted by Crippen LogP contribution is -2.22. The van der Waals surface area contributed by atoms with E-state index in [9.17, 15) is 4.79 Å². The SMILES string of the molecule is CCC(Cc1c(Cl)cc(Cl)c(N)c1Cl)C(=O)OC(C)C. The predicted molar refractivity (Wildman–Crippen MR) is 84.6 cm³/mol. The first kappa shape index (κ1) is 17.4. The van der Waals surface area contributed by atoms with Gasteiger partial charge in [-0.15, -0.1) is 0 Å². The Hall–Kier alpha value is -0.640. The lowest BCUT2D eigenvalue weighted by molar-refractivity contribution is -0.152. The monoisotopic (exact) mass is 337 g/mol. The minimum Gasteiger partial charge on any atom is -0.463 e. The van der Waals surface area contributed by atoms with Gasteiger partial charge in [0.05, 0.1) is 27.8 Å². The van der Waals surface area contributed by atoms with Crippen molar-refractivity contribution in [2.75, 3.05) is 5.73 Å². The molecule has 112 valence electrons. The van der Waals surface area contributed by atoms with Crippen molar-refractivity contribution in [2.24, 2.45) is 5.92 Å². The first-order valence-electron chi connectivity index (χ1n) is 6.40. The van der Waals surface area contributed by atoms with Crippen LogP contribution >= 0.6 is 34.8 Å². The van der Waals surface area contributed by atoms with Gasteiger partial charge in [-0.3, -0.25) is 4.79 Å². The second-order valence-corrected chi connectivity index (χ2v) is 6.03. The third-order valence-electron chi connectivity index (χ3n) is 2.93. The van der Waals surface area contributed by atoms with Crippen LogP contribution in [0.3, 0.4) is 0 Å². The lowest BCUT2D eigenvalue weighted by atomic mass is 9.96. The predicted octanol–water partition coefficient (Wildman–Crippen LogP) is 4.75. The van der Waals surface area contributed by atoms with E-state index < -0.39 is 0 Å². The largest absolute Gasteiger partial charge is 0.463 e. The molecule has 1 atom stereocenters. The fraction of sp³-hybridized carbons (Fsp3) is 0.500. The fourth-order valence-corrected chi connectivity index (χ4v) is 2.72. The second kappa shape index (κ2) is 7.39. The Morgan fingerprint density at radius 3 is 2.40 bits per heavy atom. The zero-order valence-corrected chi connectivity index (χ0v) is 13.9. The van der Waals surface area contributed by atoms with Crippen LogP contribution in [0.15, 0.2) is 6.07 Å². The highest BCUT2D eigenvalue weighted by atomic mass is 35.5. The van der Waals surface area contributed by atoms with Crippen molar-refractivity contribution in [3.63, 3.8) is 0 Å². The molecule has 0 aliphatic carbocycles. The van der Waals surface area contributed by atoms with Crippen LogP contribution in [0.2, 0.25) is 15.1 Å².